The third-order valence-corrected chi connectivity index (χ3v) is 5.91. The Balaban J connectivity index is 0.000000152. The van der Waals surface area contributed by atoms with Crippen molar-refractivity contribution in [3.8, 4) is 17.0 Å². The highest BCUT2D eigenvalue weighted by atomic mass is 35.5. The van der Waals surface area contributed by atoms with Crippen molar-refractivity contribution in [2.24, 2.45) is 5.92 Å². The fraction of sp³-hybridized carbons (Fsp3) is 0.318. The molecule has 0 spiro atoms. The SMILES string of the molecule is FC1(F)CC1COc1ccncc1Cl.O=c1[nH]cc(-c2cc(C3CC3)c3nccn3n2)c(=O)[nH]1. The first-order valence-corrected chi connectivity index (χ1v) is 11.0. The van der Waals surface area contributed by atoms with Gasteiger partial charge in [0.1, 0.15) is 10.8 Å². The summed E-state index contributed by atoms with van der Waals surface area (Å²) < 4.78 is 31.8. The van der Waals surface area contributed by atoms with Gasteiger partial charge in [-0.05, 0) is 24.8 Å². The standard InChI is InChI=1S/C13H11N5O2.C9H8ClF2NO/c19-12-9(6-15-13(20)16-12)10-5-8(7-1-2-7)11-14-3-4-18(11)17-10;10-7-4-13-2-1-8(7)14-5-6-3-9(6,11)12/h3-7H,1-2H2,(H2,15,16,19,20);1-2,4,6H,3,5H2. The number of aromatic amines is 2. The van der Waals surface area contributed by atoms with Gasteiger partial charge in [0.2, 0.25) is 0 Å². The maximum absolute atomic E-state index is 12.5. The molecule has 2 saturated carbocycles. The summed E-state index contributed by atoms with van der Waals surface area (Å²) in [5.74, 6) is -2.31. The molecule has 4 heterocycles. The Hall–Kier alpha value is -3.60. The van der Waals surface area contributed by atoms with E-state index in [1.54, 1.807) is 23.0 Å². The Morgan fingerprint density at radius 2 is 2.06 bits per heavy atom. The van der Waals surface area contributed by atoms with Gasteiger partial charge in [-0.3, -0.25) is 14.8 Å². The quantitative estimate of drug-likeness (QED) is 0.444. The molecule has 0 amide bonds. The van der Waals surface area contributed by atoms with E-state index in [0.29, 0.717) is 27.9 Å². The van der Waals surface area contributed by atoms with Gasteiger partial charge in [0.25, 0.3) is 11.5 Å². The van der Waals surface area contributed by atoms with Crippen LogP contribution in [0.5, 0.6) is 5.75 Å². The second kappa shape index (κ2) is 8.64. The van der Waals surface area contributed by atoms with Crippen molar-refractivity contribution < 1.29 is 13.5 Å². The summed E-state index contributed by atoms with van der Waals surface area (Å²) in [6.07, 6.45) is 9.94. The van der Waals surface area contributed by atoms with E-state index >= 15 is 0 Å². The molecule has 0 aromatic carbocycles. The van der Waals surface area contributed by atoms with Crippen molar-refractivity contribution in [2.75, 3.05) is 6.61 Å². The number of fused-ring (bicyclic) bond motifs is 1. The van der Waals surface area contributed by atoms with Gasteiger partial charge >= 0.3 is 5.69 Å². The van der Waals surface area contributed by atoms with Crippen LogP contribution < -0.4 is 16.0 Å². The van der Waals surface area contributed by atoms with E-state index in [9.17, 15) is 18.4 Å². The smallest absolute Gasteiger partial charge is 0.325 e. The molecule has 4 aromatic rings. The molecule has 9 nitrogen and oxygen atoms in total. The summed E-state index contributed by atoms with van der Waals surface area (Å²) in [6, 6.07) is 3.45. The summed E-state index contributed by atoms with van der Waals surface area (Å²) in [5, 5.41) is 4.72. The van der Waals surface area contributed by atoms with Gasteiger partial charge in [-0.25, -0.2) is 23.1 Å². The van der Waals surface area contributed by atoms with E-state index in [0.717, 1.165) is 24.1 Å². The second-order valence-corrected chi connectivity index (χ2v) is 8.63. The molecule has 12 heteroatoms. The predicted molar refractivity (Wildman–Crippen MR) is 119 cm³/mol. The highest BCUT2D eigenvalue weighted by Gasteiger charge is 2.57. The molecule has 2 aliphatic rings. The maximum atomic E-state index is 12.5. The zero-order valence-electron chi connectivity index (χ0n) is 17.7. The number of aromatic nitrogens is 6. The number of hydrogen-bond acceptors (Lipinski definition) is 6. The van der Waals surface area contributed by atoms with Crippen LogP contribution in [0.15, 0.2) is 52.7 Å². The third-order valence-electron chi connectivity index (χ3n) is 5.63. The minimum absolute atomic E-state index is 0.0106. The van der Waals surface area contributed by atoms with Gasteiger partial charge in [0.05, 0.1) is 23.8 Å². The molecule has 2 aliphatic carbocycles. The lowest BCUT2D eigenvalue weighted by Gasteiger charge is -2.05. The Bertz CT molecular complexity index is 1460. The summed E-state index contributed by atoms with van der Waals surface area (Å²) in [4.78, 5) is 35.7. The van der Waals surface area contributed by atoms with Crippen LogP contribution in [0.25, 0.3) is 16.9 Å². The topological polar surface area (TPSA) is 118 Å². The molecule has 0 saturated heterocycles. The van der Waals surface area contributed by atoms with Crippen LogP contribution in [0.4, 0.5) is 8.78 Å². The van der Waals surface area contributed by atoms with Crippen LogP contribution in [0.3, 0.4) is 0 Å². The van der Waals surface area contributed by atoms with Crippen LogP contribution in [0, 0.1) is 5.92 Å². The molecule has 176 valence electrons. The number of pyridine rings is 1. The van der Waals surface area contributed by atoms with Crippen LogP contribution in [-0.4, -0.2) is 42.1 Å². The summed E-state index contributed by atoms with van der Waals surface area (Å²) in [7, 11) is 0. The van der Waals surface area contributed by atoms with Crippen molar-refractivity contribution in [3.05, 3.63) is 74.5 Å². The highest BCUT2D eigenvalue weighted by molar-refractivity contribution is 6.31. The maximum Gasteiger partial charge on any atom is 0.325 e. The lowest BCUT2D eigenvalue weighted by molar-refractivity contribution is 0.0856. The molecule has 0 aliphatic heterocycles. The Morgan fingerprint density at radius 3 is 2.74 bits per heavy atom. The van der Waals surface area contributed by atoms with E-state index in [1.807, 2.05) is 6.07 Å². The number of rotatable bonds is 5. The molecule has 0 radical (unpaired) electrons. The average molecular weight is 489 g/mol. The van der Waals surface area contributed by atoms with E-state index in [2.05, 4.69) is 25.0 Å². The Labute approximate surface area is 195 Å². The van der Waals surface area contributed by atoms with Crippen molar-refractivity contribution >= 4 is 17.2 Å². The summed E-state index contributed by atoms with van der Waals surface area (Å²) in [6.45, 7) is 0.0106. The minimum atomic E-state index is -2.54. The van der Waals surface area contributed by atoms with Gasteiger partial charge in [-0.2, -0.15) is 5.10 Å². The number of hydrogen-bond donors (Lipinski definition) is 2. The molecular formula is C22H19ClF2N6O3. The zero-order valence-corrected chi connectivity index (χ0v) is 18.4. The van der Waals surface area contributed by atoms with Gasteiger partial charge in [-0.1, -0.05) is 11.6 Å². The molecule has 6 rings (SSSR count). The molecule has 34 heavy (non-hydrogen) atoms. The van der Waals surface area contributed by atoms with Crippen LogP contribution in [0.2, 0.25) is 5.02 Å². The summed E-state index contributed by atoms with van der Waals surface area (Å²) >= 11 is 5.72. The fourth-order valence-corrected chi connectivity index (χ4v) is 3.66. The van der Waals surface area contributed by atoms with E-state index < -0.39 is 23.1 Å². The van der Waals surface area contributed by atoms with E-state index in [-0.39, 0.29) is 13.0 Å². The first-order chi connectivity index (χ1) is 16.3. The fourth-order valence-electron chi connectivity index (χ4n) is 3.49. The Morgan fingerprint density at radius 1 is 1.26 bits per heavy atom. The molecule has 4 aromatic heterocycles. The lowest BCUT2D eigenvalue weighted by atomic mass is 10.1. The number of halogens is 3. The third kappa shape index (κ3) is 4.69. The number of imidazole rings is 1. The molecular weight excluding hydrogens is 470 g/mol. The van der Waals surface area contributed by atoms with Crippen LogP contribution in [0.1, 0.15) is 30.7 Å². The van der Waals surface area contributed by atoms with Crippen LogP contribution in [-0.2, 0) is 0 Å². The molecule has 2 fully saturated rings. The largest absolute Gasteiger partial charge is 0.491 e. The van der Waals surface area contributed by atoms with Crippen molar-refractivity contribution in [2.45, 2.75) is 31.1 Å². The van der Waals surface area contributed by atoms with Gasteiger partial charge in [0.15, 0.2) is 5.65 Å². The van der Waals surface area contributed by atoms with E-state index in [1.165, 1.54) is 18.6 Å². The van der Waals surface area contributed by atoms with Crippen LogP contribution >= 0.6 is 11.6 Å². The lowest BCUT2D eigenvalue weighted by Crippen LogP contribution is -2.23. The van der Waals surface area contributed by atoms with Gasteiger partial charge in [-0.15, -0.1) is 0 Å². The Kier molecular flexibility index (Phi) is 5.64. The number of ether oxygens (including phenoxy) is 1. The number of H-pyrrole nitrogens is 2. The first kappa shape index (κ1) is 22.2. The second-order valence-electron chi connectivity index (χ2n) is 8.22. The molecule has 0 bridgehead atoms. The highest BCUT2D eigenvalue weighted by Crippen LogP contribution is 2.48. The monoisotopic (exact) mass is 488 g/mol. The molecule has 2 N–H and O–H groups in total. The average Bonchev–Trinajstić information content (AvgIpc) is 3.69. The normalized spacial score (nSPS) is 18.3. The zero-order chi connectivity index (χ0) is 23.9. The molecule has 1 unspecified atom stereocenters. The van der Waals surface area contributed by atoms with Crippen molar-refractivity contribution in [3.63, 3.8) is 0 Å². The van der Waals surface area contributed by atoms with E-state index in [4.69, 9.17) is 16.3 Å². The molecule has 1 atom stereocenters. The summed E-state index contributed by atoms with van der Waals surface area (Å²) in [5.41, 5.74) is 1.85. The van der Waals surface area contributed by atoms with Gasteiger partial charge < -0.3 is 9.72 Å². The predicted octanol–water partition coefficient (Wildman–Crippen LogP) is 3.42. The van der Waals surface area contributed by atoms with Crippen molar-refractivity contribution in [1.29, 1.82) is 0 Å². The number of nitrogens with zero attached hydrogens (tertiary/aromatic N) is 4. The van der Waals surface area contributed by atoms with Gasteiger partial charge in [0, 0.05) is 49.0 Å². The number of nitrogens with one attached hydrogen (secondary N) is 2. The van der Waals surface area contributed by atoms with Crippen molar-refractivity contribution in [1.82, 2.24) is 29.5 Å². The minimum Gasteiger partial charge on any atom is -0.491 e. The number of alkyl halides is 2. The first-order valence-electron chi connectivity index (χ1n) is 10.6.